The van der Waals surface area contributed by atoms with Crippen LogP contribution in [0.25, 0.3) is 0 Å². The van der Waals surface area contributed by atoms with Gasteiger partial charge in [-0.25, -0.2) is 4.79 Å². The molecule has 0 heterocycles. The third-order valence-electron chi connectivity index (χ3n) is 1.30. The third-order valence-corrected chi connectivity index (χ3v) is 1.94. The maximum atomic E-state index is 10.5. The van der Waals surface area contributed by atoms with Gasteiger partial charge in [0.15, 0.2) is 0 Å². The summed E-state index contributed by atoms with van der Waals surface area (Å²) >= 11 is 11.2. The van der Waals surface area contributed by atoms with E-state index in [1.807, 2.05) is 0 Å². The van der Waals surface area contributed by atoms with Crippen LogP contribution < -0.4 is 11.9 Å². The molecule has 0 radical (unpaired) electrons. The average molecular weight is 223 g/mol. The summed E-state index contributed by atoms with van der Waals surface area (Å²) in [5.41, 5.74) is 5.47. The van der Waals surface area contributed by atoms with Crippen LogP contribution in [0.5, 0.6) is 0 Å². The van der Waals surface area contributed by atoms with Gasteiger partial charge in [-0.15, -0.1) is 0 Å². The van der Waals surface area contributed by atoms with Gasteiger partial charge in [-0.05, 0) is 12.1 Å². The molecule has 1 aromatic carbocycles. The zero-order valence-corrected chi connectivity index (χ0v) is 8.06. The molecule has 4 nitrogen and oxygen atoms in total. The number of rotatable bonds is 1. The second-order valence-electron chi connectivity index (χ2n) is 2.16. The van der Waals surface area contributed by atoms with E-state index in [2.05, 4.69) is 0 Å². The molecule has 1 aromatic rings. The van der Waals surface area contributed by atoms with Gasteiger partial charge < -0.3 is 17.0 Å². The molecule has 13 heavy (non-hydrogen) atoms. The molecule has 0 aromatic heterocycles. The SMILES string of the molecule is N.Nc1cc(Cl)cc(C(=O)O)c1Cl. The Labute approximate surface area is 84.8 Å². The lowest BCUT2D eigenvalue weighted by Gasteiger charge is -2.02. The maximum Gasteiger partial charge on any atom is 0.337 e. The van der Waals surface area contributed by atoms with Crippen LogP contribution in [0, 0.1) is 0 Å². The molecule has 72 valence electrons. The van der Waals surface area contributed by atoms with Crippen LogP contribution in [0.15, 0.2) is 12.1 Å². The van der Waals surface area contributed by atoms with Gasteiger partial charge in [-0.3, -0.25) is 0 Å². The molecular weight excluding hydrogens is 215 g/mol. The number of carboxylic acid groups (broad SMARTS) is 1. The van der Waals surface area contributed by atoms with Crippen molar-refractivity contribution in [3.8, 4) is 0 Å². The van der Waals surface area contributed by atoms with E-state index in [1.165, 1.54) is 12.1 Å². The summed E-state index contributed by atoms with van der Waals surface area (Å²) in [4.78, 5) is 10.5. The fourth-order valence-electron chi connectivity index (χ4n) is 0.766. The van der Waals surface area contributed by atoms with Crippen molar-refractivity contribution in [2.75, 3.05) is 5.73 Å². The van der Waals surface area contributed by atoms with Crippen molar-refractivity contribution in [3.05, 3.63) is 27.7 Å². The van der Waals surface area contributed by atoms with E-state index < -0.39 is 5.97 Å². The predicted molar refractivity (Wildman–Crippen MR) is 52.9 cm³/mol. The van der Waals surface area contributed by atoms with Crippen LogP contribution in [0.3, 0.4) is 0 Å². The van der Waals surface area contributed by atoms with Crippen LogP contribution in [-0.2, 0) is 0 Å². The van der Waals surface area contributed by atoms with E-state index >= 15 is 0 Å². The summed E-state index contributed by atoms with van der Waals surface area (Å²) in [7, 11) is 0. The van der Waals surface area contributed by atoms with Gasteiger partial charge in [0, 0.05) is 5.02 Å². The molecule has 0 saturated heterocycles. The number of hydrogen-bond acceptors (Lipinski definition) is 3. The Morgan fingerprint density at radius 2 is 1.92 bits per heavy atom. The van der Waals surface area contributed by atoms with E-state index in [0.29, 0.717) is 0 Å². The second-order valence-corrected chi connectivity index (χ2v) is 2.98. The minimum absolute atomic E-state index is 0. The highest BCUT2D eigenvalue weighted by atomic mass is 35.5. The molecule has 0 unspecified atom stereocenters. The van der Waals surface area contributed by atoms with E-state index in [9.17, 15) is 4.79 Å². The van der Waals surface area contributed by atoms with Crippen LogP contribution in [0.4, 0.5) is 5.69 Å². The summed E-state index contributed by atoms with van der Waals surface area (Å²) in [5.74, 6) is -1.14. The number of hydrogen-bond donors (Lipinski definition) is 3. The molecule has 0 saturated carbocycles. The Balaban J connectivity index is 0.00000144. The lowest BCUT2D eigenvalue weighted by atomic mass is 10.2. The number of carbonyl (C=O) groups is 1. The quantitative estimate of drug-likeness (QED) is 0.636. The number of benzene rings is 1. The minimum Gasteiger partial charge on any atom is -0.478 e. The second kappa shape index (κ2) is 4.32. The van der Waals surface area contributed by atoms with E-state index in [4.69, 9.17) is 34.0 Å². The number of anilines is 1. The largest absolute Gasteiger partial charge is 0.478 e. The number of halogens is 2. The first kappa shape index (κ1) is 12.0. The summed E-state index contributed by atoms with van der Waals surface area (Å²) in [6.45, 7) is 0. The van der Waals surface area contributed by atoms with Crippen LogP contribution in [0.1, 0.15) is 10.4 Å². The lowest BCUT2D eigenvalue weighted by Crippen LogP contribution is -2.00. The van der Waals surface area contributed by atoms with Gasteiger partial charge in [-0.2, -0.15) is 0 Å². The van der Waals surface area contributed by atoms with Crippen molar-refractivity contribution >= 4 is 34.9 Å². The van der Waals surface area contributed by atoms with Crippen molar-refractivity contribution in [1.29, 1.82) is 0 Å². The van der Waals surface area contributed by atoms with Crippen molar-refractivity contribution in [2.24, 2.45) is 0 Å². The standard InChI is InChI=1S/C7H5Cl2NO2.H3N/c8-3-1-4(7(11)12)6(9)5(10)2-3;/h1-2H,10H2,(H,11,12);1H3. The molecule has 1 rings (SSSR count). The number of nitrogen functional groups attached to an aromatic ring is 1. The van der Waals surface area contributed by atoms with Gasteiger partial charge >= 0.3 is 5.97 Å². The third kappa shape index (κ3) is 2.48. The Kier molecular flexibility index (Phi) is 4.00. The smallest absolute Gasteiger partial charge is 0.337 e. The molecule has 0 aliphatic carbocycles. The van der Waals surface area contributed by atoms with Crippen molar-refractivity contribution in [1.82, 2.24) is 6.15 Å². The molecular formula is C7H8Cl2N2O2. The highest BCUT2D eigenvalue weighted by Crippen LogP contribution is 2.27. The zero-order valence-electron chi connectivity index (χ0n) is 6.55. The summed E-state index contributed by atoms with van der Waals surface area (Å²) in [6.07, 6.45) is 0. The fraction of sp³-hybridized carbons (Fsp3) is 0. The van der Waals surface area contributed by atoms with Crippen molar-refractivity contribution < 1.29 is 9.90 Å². The van der Waals surface area contributed by atoms with Crippen molar-refractivity contribution in [2.45, 2.75) is 0 Å². The summed E-state index contributed by atoms with van der Waals surface area (Å²) in [5, 5.41) is 8.89. The van der Waals surface area contributed by atoms with Gasteiger partial charge in [-0.1, -0.05) is 23.2 Å². The van der Waals surface area contributed by atoms with Crippen LogP contribution >= 0.6 is 23.2 Å². The summed E-state index contributed by atoms with van der Waals surface area (Å²) in [6, 6.07) is 2.65. The molecule has 0 fully saturated rings. The van der Waals surface area contributed by atoms with Gasteiger partial charge in [0.2, 0.25) is 0 Å². The van der Waals surface area contributed by atoms with E-state index in [-0.39, 0.29) is 27.4 Å². The normalized spacial score (nSPS) is 9.08. The number of carboxylic acids is 1. The van der Waals surface area contributed by atoms with Crippen LogP contribution in [-0.4, -0.2) is 11.1 Å². The first-order valence-corrected chi connectivity index (χ1v) is 3.76. The van der Waals surface area contributed by atoms with E-state index in [0.717, 1.165) is 0 Å². The molecule has 0 spiro atoms. The lowest BCUT2D eigenvalue weighted by molar-refractivity contribution is 0.0697. The monoisotopic (exact) mass is 222 g/mol. The first-order chi connectivity index (χ1) is 5.52. The maximum absolute atomic E-state index is 10.5. The van der Waals surface area contributed by atoms with E-state index in [1.54, 1.807) is 0 Å². The Hall–Kier alpha value is -0.970. The Morgan fingerprint density at radius 3 is 2.38 bits per heavy atom. The van der Waals surface area contributed by atoms with Crippen LogP contribution in [0.2, 0.25) is 10.0 Å². The van der Waals surface area contributed by atoms with Gasteiger partial charge in [0.05, 0.1) is 16.3 Å². The predicted octanol–water partition coefficient (Wildman–Crippen LogP) is 2.44. The van der Waals surface area contributed by atoms with Crippen molar-refractivity contribution in [3.63, 3.8) is 0 Å². The molecule has 0 aliphatic heterocycles. The van der Waals surface area contributed by atoms with Gasteiger partial charge in [0.1, 0.15) is 0 Å². The number of aromatic carboxylic acids is 1. The summed E-state index contributed by atoms with van der Waals surface area (Å²) < 4.78 is 0. The zero-order chi connectivity index (χ0) is 9.30. The highest BCUT2D eigenvalue weighted by Gasteiger charge is 2.11. The molecule has 0 aliphatic rings. The molecule has 6 heteroatoms. The fourth-order valence-corrected chi connectivity index (χ4v) is 1.18. The Bertz CT molecular complexity index is 342. The highest BCUT2D eigenvalue weighted by molar-refractivity contribution is 6.37. The average Bonchev–Trinajstić information content (AvgIpc) is 1.96. The topological polar surface area (TPSA) is 98.3 Å². The minimum atomic E-state index is -1.14. The molecule has 0 bridgehead atoms. The Morgan fingerprint density at radius 1 is 1.38 bits per heavy atom. The molecule has 6 N–H and O–H groups in total. The first-order valence-electron chi connectivity index (χ1n) is 3.00. The molecule has 0 amide bonds. The van der Waals surface area contributed by atoms with Gasteiger partial charge in [0.25, 0.3) is 0 Å². The molecule has 0 atom stereocenters. The number of nitrogens with two attached hydrogens (primary N) is 1.